The van der Waals surface area contributed by atoms with Gasteiger partial charge in [0.15, 0.2) is 0 Å². The lowest BCUT2D eigenvalue weighted by molar-refractivity contribution is 0.102. The van der Waals surface area contributed by atoms with Gasteiger partial charge in [0.1, 0.15) is 46.3 Å². The Bertz CT molecular complexity index is 1190. The summed E-state index contributed by atoms with van der Waals surface area (Å²) < 4.78 is 45.2. The van der Waals surface area contributed by atoms with Crippen LogP contribution >= 0.6 is 0 Å². The van der Waals surface area contributed by atoms with E-state index in [1.54, 1.807) is 0 Å². The van der Waals surface area contributed by atoms with Gasteiger partial charge in [-0.25, -0.2) is 27.1 Å². The SMILES string of the molecule is [B]C([B])([B])Oc1ccc(C(=O)Nc2ccc(F)c([C@]3(C)CS(=O)(=O)N(C)C(N)=N3)c2)nc1. The van der Waals surface area contributed by atoms with Gasteiger partial charge >= 0.3 is 0 Å². The predicted octanol–water partition coefficient (Wildman–Crippen LogP) is -0.226. The second-order valence-electron chi connectivity index (χ2n) is 7.45. The van der Waals surface area contributed by atoms with Crippen LogP contribution in [0.15, 0.2) is 41.5 Å². The minimum absolute atomic E-state index is 0.00948. The predicted molar refractivity (Wildman–Crippen MR) is 120 cm³/mol. The number of sulfonamides is 1. The van der Waals surface area contributed by atoms with E-state index in [-0.39, 0.29) is 28.7 Å². The van der Waals surface area contributed by atoms with E-state index in [4.69, 9.17) is 34.0 Å². The first kappa shape index (κ1) is 23.6. The zero-order valence-electron chi connectivity index (χ0n) is 17.2. The fourth-order valence-electron chi connectivity index (χ4n) is 3.08. The van der Waals surface area contributed by atoms with Crippen molar-refractivity contribution in [2.45, 2.75) is 17.8 Å². The Morgan fingerprint density at radius 3 is 2.56 bits per heavy atom. The number of amides is 1. The van der Waals surface area contributed by atoms with Gasteiger partial charge in [0.2, 0.25) is 16.0 Å². The normalized spacial score (nSPS) is 20.3. The Morgan fingerprint density at radius 1 is 1.31 bits per heavy atom. The highest BCUT2D eigenvalue weighted by molar-refractivity contribution is 7.89. The third-order valence-corrected chi connectivity index (χ3v) is 6.58. The van der Waals surface area contributed by atoms with Gasteiger partial charge in [-0.15, -0.1) is 0 Å². The molecule has 0 saturated carbocycles. The molecule has 1 aromatic carbocycles. The molecule has 3 rings (SSSR count). The first-order valence-electron chi connectivity index (χ1n) is 9.15. The Balaban J connectivity index is 1.86. The lowest BCUT2D eigenvalue weighted by Gasteiger charge is -2.34. The number of halogens is 1. The zero-order chi connectivity index (χ0) is 23.9. The topological polar surface area (TPSA) is 127 Å². The first-order valence-corrected chi connectivity index (χ1v) is 10.8. The Labute approximate surface area is 188 Å². The molecule has 1 aromatic heterocycles. The molecule has 0 saturated heterocycles. The van der Waals surface area contributed by atoms with Gasteiger partial charge in [0, 0.05) is 18.3 Å². The lowest BCUT2D eigenvalue weighted by Crippen LogP contribution is -2.50. The minimum atomic E-state index is -3.80. The van der Waals surface area contributed by atoms with E-state index in [1.807, 2.05) is 0 Å². The molecule has 32 heavy (non-hydrogen) atoms. The average molecular weight is 451 g/mol. The number of guanidine groups is 1. The number of aliphatic imine (C=N–C) groups is 1. The second-order valence-corrected chi connectivity index (χ2v) is 9.45. The highest BCUT2D eigenvalue weighted by atomic mass is 32.2. The largest absolute Gasteiger partial charge is 0.514 e. The molecule has 0 unspecified atom stereocenters. The fourth-order valence-corrected chi connectivity index (χ4v) is 4.53. The summed E-state index contributed by atoms with van der Waals surface area (Å²) in [7, 11) is 13.5. The standard InChI is InChI=1S/C18H17B3FN5O4S/c1-17(9-32(29,30)27(2)16(23)26-17)12-7-10(3-5-13(12)22)25-15(28)14-6-4-11(8-24-14)31-18(19,20)21/h3-8H,9H2,1-2H3,(H2,23,26)(H,25,28)/t17-/m0/s1. The third kappa shape index (κ3) is 5.06. The monoisotopic (exact) mass is 451 g/mol. The second kappa shape index (κ2) is 8.16. The van der Waals surface area contributed by atoms with Crippen molar-refractivity contribution in [2.75, 3.05) is 18.1 Å². The first-order chi connectivity index (χ1) is 14.7. The number of hydrogen-bond donors (Lipinski definition) is 2. The number of hydrogen-bond acceptors (Lipinski definition) is 7. The number of benzene rings is 1. The third-order valence-electron chi connectivity index (χ3n) is 4.63. The molecule has 14 heteroatoms. The van der Waals surface area contributed by atoms with E-state index >= 15 is 0 Å². The van der Waals surface area contributed by atoms with Crippen LogP contribution in [0.1, 0.15) is 23.0 Å². The van der Waals surface area contributed by atoms with E-state index in [0.29, 0.717) is 0 Å². The van der Waals surface area contributed by atoms with Crippen molar-refractivity contribution < 1.29 is 22.3 Å². The summed E-state index contributed by atoms with van der Waals surface area (Å²) in [5.41, 5.74) is 4.40. The Hall–Kier alpha value is -3.02. The van der Waals surface area contributed by atoms with Gasteiger partial charge in [0.25, 0.3) is 5.91 Å². The van der Waals surface area contributed by atoms with Gasteiger partial charge in [0.05, 0.1) is 11.9 Å². The number of aromatic nitrogens is 1. The van der Waals surface area contributed by atoms with E-state index in [9.17, 15) is 17.6 Å². The summed E-state index contributed by atoms with van der Waals surface area (Å²) in [6.07, 6.45) is 1.20. The molecule has 160 valence electrons. The zero-order valence-corrected chi connectivity index (χ0v) is 18.1. The molecule has 0 aliphatic carbocycles. The van der Waals surface area contributed by atoms with Crippen molar-refractivity contribution in [1.29, 1.82) is 0 Å². The molecule has 1 aliphatic rings. The van der Waals surface area contributed by atoms with Gasteiger partial charge in [-0.05, 0) is 42.6 Å². The van der Waals surface area contributed by atoms with Crippen molar-refractivity contribution in [3.05, 3.63) is 53.6 Å². The van der Waals surface area contributed by atoms with Crippen molar-refractivity contribution in [3.8, 4) is 5.75 Å². The lowest BCUT2D eigenvalue weighted by atomic mass is 9.52. The van der Waals surface area contributed by atoms with Crippen LogP contribution in [0.4, 0.5) is 10.1 Å². The van der Waals surface area contributed by atoms with Crippen LogP contribution in [0.25, 0.3) is 0 Å². The number of rotatable bonds is 5. The van der Waals surface area contributed by atoms with E-state index in [2.05, 4.69) is 15.3 Å². The molecule has 0 spiro atoms. The molecule has 2 heterocycles. The quantitative estimate of drug-likeness (QED) is 0.606. The minimum Gasteiger partial charge on any atom is -0.514 e. The number of carbonyl (C=O) groups excluding carboxylic acids is 1. The maximum Gasteiger partial charge on any atom is 0.274 e. The fraction of sp³-hybridized carbons (Fsp3) is 0.278. The van der Waals surface area contributed by atoms with E-state index in [0.717, 1.165) is 10.4 Å². The number of nitrogens with two attached hydrogens (primary N) is 1. The maximum atomic E-state index is 14.6. The van der Waals surface area contributed by atoms with Gasteiger partial charge in [-0.2, -0.15) is 0 Å². The van der Waals surface area contributed by atoms with Crippen molar-refractivity contribution >= 4 is 51.1 Å². The molecule has 0 bridgehead atoms. The summed E-state index contributed by atoms with van der Waals surface area (Å²) in [6.45, 7) is 1.45. The molecular formula is C18H17B3FN5O4S. The van der Waals surface area contributed by atoms with Crippen LogP contribution in [0.2, 0.25) is 0 Å². The number of pyridine rings is 1. The van der Waals surface area contributed by atoms with Gasteiger partial charge < -0.3 is 15.8 Å². The molecule has 0 fully saturated rings. The number of nitrogens with one attached hydrogen (secondary N) is 1. The number of anilines is 1. The highest BCUT2D eigenvalue weighted by Gasteiger charge is 2.41. The van der Waals surface area contributed by atoms with Gasteiger partial charge in [-0.3, -0.25) is 4.79 Å². The van der Waals surface area contributed by atoms with Crippen LogP contribution < -0.4 is 15.8 Å². The van der Waals surface area contributed by atoms with Crippen LogP contribution in [0.3, 0.4) is 0 Å². The van der Waals surface area contributed by atoms with Crippen molar-refractivity contribution in [3.63, 3.8) is 0 Å². The number of ether oxygens (including phenoxy) is 1. The molecule has 3 N–H and O–H groups in total. The number of carbonyl (C=O) groups is 1. The summed E-state index contributed by atoms with van der Waals surface area (Å²) in [6, 6.07) is 6.45. The van der Waals surface area contributed by atoms with E-state index < -0.39 is 38.3 Å². The number of nitrogens with zero attached hydrogens (tertiary/aromatic N) is 3. The maximum absolute atomic E-state index is 14.6. The molecule has 9 nitrogen and oxygen atoms in total. The van der Waals surface area contributed by atoms with Crippen molar-refractivity contribution in [2.24, 2.45) is 10.7 Å². The molecule has 1 aliphatic heterocycles. The molecular weight excluding hydrogens is 434 g/mol. The van der Waals surface area contributed by atoms with Crippen LogP contribution in [-0.4, -0.2) is 71.2 Å². The highest BCUT2D eigenvalue weighted by Crippen LogP contribution is 2.34. The van der Waals surface area contributed by atoms with Crippen LogP contribution in [-0.2, 0) is 15.6 Å². The molecule has 2 aromatic rings. The Morgan fingerprint density at radius 2 is 2.00 bits per heavy atom. The molecule has 1 atom stereocenters. The summed E-state index contributed by atoms with van der Waals surface area (Å²) in [5, 5.41) is 0.665. The molecule has 1 amide bonds. The van der Waals surface area contributed by atoms with E-state index in [1.165, 1.54) is 44.4 Å². The van der Waals surface area contributed by atoms with Gasteiger partial charge in [-0.1, -0.05) is 0 Å². The average Bonchev–Trinajstić information content (AvgIpc) is 2.66. The summed E-state index contributed by atoms with van der Waals surface area (Å²) in [4.78, 5) is 20.6. The molecule has 6 radical (unpaired) electrons. The summed E-state index contributed by atoms with van der Waals surface area (Å²) in [5.74, 6) is -1.94. The summed E-state index contributed by atoms with van der Waals surface area (Å²) >= 11 is 0. The Kier molecular flexibility index (Phi) is 6.03. The van der Waals surface area contributed by atoms with Crippen LogP contribution in [0, 0.1) is 5.82 Å². The smallest absolute Gasteiger partial charge is 0.274 e. The van der Waals surface area contributed by atoms with Crippen molar-refractivity contribution in [1.82, 2.24) is 9.29 Å². The van der Waals surface area contributed by atoms with Crippen LogP contribution in [0.5, 0.6) is 5.75 Å².